The molecule has 152 valence electrons. The van der Waals surface area contributed by atoms with E-state index in [0.717, 1.165) is 35.5 Å². The highest BCUT2D eigenvalue weighted by atomic mass is 14.6. The lowest BCUT2D eigenvalue weighted by atomic mass is 9.47. The van der Waals surface area contributed by atoms with Gasteiger partial charge in [-0.15, -0.1) is 0 Å². The molecule has 0 heteroatoms. The molecule has 0 aromatic rings. The second-order valence-corrected chi connectivity index (χ2v) is 11.7. The first-order chi connectivity index (χ1) is 12.9. The Labute approximate surface area is 169 Å². The van der Waals surface area contributed by atoms with E-state index < -0.39 is 0 Å². The monoisotopic (exact) mass is 368 g/mol. The van der Waals surface area contributed by atoms with Gasteiger partial charge in [0.05, 0.1) is 0 Å². The summed E-state index contributed by atoms with van der Waals surface area (Å²) in [5.41, 5.74) is 2.81. The summed E-state index contributed by atoms with van der Waals surface area (Å²) in [4.78, 5) is 0. The van der Waals surface area contributed by atoms with Crippen molar-refractivity contribution in [2.45, 2.75) is 98.8 Å². The molecule has 0 aliphatic heterocycles. The van der Waals surface area contributed by atoms with Crippen LogP contribution in [0.2, 0.25) is 0 Å². The Morgan fingerprint density at radius 3 is 2.59 bits per heavy atom. The maximum atomic E-state index is 2.72. The molecule has 4 aliphatic carbocycles. The van der Waals surface area contributed by atoms with E-state index in [0.29, 0.717) is 10.8 Å². The highest BCUT2D eigenvalue weighted by Gasteiger charge is 2.58. The van der Waals surface area contributed by atoms with Crippen LogP contribution in [0.5, 0.6) is 0 Å². The molecule has 0 amide bonds. The highest BCUT2D eigenvalue weighted by Crippen LogP contribution is 2.66. The zero-order valence-corrected chi connectivity index (χ0v) is 18.8. The molecule has 2 saturated carbocycles. The van der Waals surface area contributed by atoms with E-state index in [1.165, 1.54) is 64.2 Å². The summed E-state index contributed by atoms with van der Waals surface area (Å²) in [5.74, 6) is 5.70. The molecule has 0 heterocycles. The van der Waals surface area contributed by atoms with Crippen molar-refractivity contribution in [3.05, 3.63) is 23.8 Å². The molecular weight excluding hydrogens is 324 g/mol. The minimum Gasteiger partial charge on any atom is -0.0842 e. The molecule has 0 aromatic carbocycles. The summed E-state index contributed by atoms with van der Waals surface area (Å²) in [6, 6.07) is 0. The Hall–Kier alpha value is -0.520. The molecule has 0 spiro atoms. The molecule has 0 saturated heterocycles. The molecular formula is C27H44. The lowest BCUT2D eigenvalue weighted by Gasteiger charge is -2.57. The van der Waals surface area contributed by atoms with Gasteiger partial charge in [0.25, 0.3) is 0 Å². The molecule has 0 nitrogen and oxygen atoms in total. The number of rotatable bonds is 5. The van der Waals surface area contributed by atoms with Crippen molar-refractivity contribution >= 4 is 0 Å². The van der Waals surface area contributed by atoms with Crippen LogP contribution in [0.3, 0.4) is 0 Å². The summed E-state index contributed by atoms with van der Waals surface area (Å²) in [6.45, 7) is 12.7. The fraction of sp³-hybridized carbons (Fsp3) is 0.852. The van der Waals surface area contributed by atoms with E-state index in [-0.39, 0.29) is 0 Å². The summed E-state index contributed by atoms with van der Waals surface area (Å²) in [7, 11) is 0. The van der Waals surface area contributed by atoms with Crippen molar-refractivity contribution in [1.82, 2.24) is 0 Å². The topological polar surface area (TPSA) is 0 Å². The maximum Gasteiger partial charge on any atom is -0.00445 e. The van der Waals surface area contributed by atoms with E-state index in [2.05, 4.69) is 52.8 Å². The maximum absolute atomic E-state index is 2.72. The standard InChI is InChI=1S/C27H44/c1-19(2)9-8-10-20(3)23-14-15-24-22-13-12-21-11-6-7-17-26(21,4)25(22)16-18-27(23,24)5/h6,11-12,19-20,22-25H,7-10,13-18H2,1-5H3/t20-,22+,23-,24+,25+,26-,27-/m0/s1. The Morgan fingerprint density at radius 1 is 1.00 bits per heavy atom. The second kappa shape index (κ2) is 7.38. The van der Waals surface area contributed by atoms with Gasteiger partial charge >= 0.3 is 0 Å². The van der Waals surface area contributed by atoms with Gasteiger partial charge in [0, 0.05) is 0 Å². The number of allylic oxidation sites excluding steroid dienone is 4. The van der Waals surface area contributed by atoms with Gasteiger partial charge < -0.3 is 0 Å². The lowest BCUT2D eigenvalue weighted by molar-refractivity contribution is -0.0451. The minimum absolute atomic E-state index is 0.486. The molecule has 0 N–H and O–H groups in total. The summed E-state index contributed by atoms with van der Waals surface area (Å²) >= 11 is 0. The summed E-state index contributed by atoms with van der Waals surface area (Å²) in [5, 5.41) is 0. The van der Waals surface area contributed by atoms with Crippen LogP contribution in [0.25, 0.3) is 0 Å². The largest absolute Gasteiger partial charge is 0.0842 e. The average Bonchev–Trinajstić information content (AvgIpc) is 2.98. The lowest BCUT2D eigenvalue weighted by Crippen LogP contribution is -2.49. The predicted molar refractivity (Wildman–Crippen MR) is 118 cm³/mol. The van der Waals surface area contributed by atoms with E-state index in [9.17, 15) is 0 Å². The van der Waals surface area contributed by atoms with Gasteiger partial charge in [0.2, 0.25) is 0 Å². The van der Waals surface area contributed by atoms with Crippen LogP contribution in [0.15, 0.2) is 23.8 Å². The molecule has 0 unspecified atom stereocenters. The van der Waals surface area contributed by atoms with Gasteiger partial charge in [-0.25, -0.2) is 0 Å². The van der Waals surface area contributed by atoms with Gasteiger partial charge in [-0.3, -0.25) is 0 Å². The van der Waals surface area contributed by atoms with Crippen molar-refractivity contribution in [2.75, 3.05) is 0 Å². The Morgan fingerprint density at radius 2 is 1.81 bits per heavy atom. The molecule has 0 aromatic heterocycles. The third kappa shape index (κ3) is 3.28. The SMILES string of the molecule is CC(C)CCC[C@H](C)[C@@H]1CC[C@@H]2[C@H]3CC=C4C=CCC[C@]4(C)[C@@H]3CC[C@]21C. The molecule has 2 fully saturated rings. The van der Waals surface area contributed by atoms with Crippen molar-refractivity contribution in [3.63, 3.8) is 0 Å². The van der Waals surface area contributed by atoms with E-state index in [4.69, 9.17) is 0 Å². The fourth-order valence-corrected chi connectivity index (χ4v) is 8.32. The van der Waals surface area contributed by atoms with Crippen LogP contribution in [0, 0.1) is 46.3 Å². The Balaban J connectivity index is 1.50. The van der Waals surface area contributed by atoms with E-state index >= 15 is 0 Å². The van der Waals surface area contributed by atoms with Crippen molar-refractivity contribution in [1.29, 1.82) is 0 Å². The van der Waals surface area contributed by atoms with Crippen molar-refractivity contribution in [3.8, 4) is 0 Å². The molecule has 27 heavy (non-hydrogen) atoms. The van der Waals surface area contributed by atoms with E-state index in [1.807, 2.05) is 0 Å². The van der Waals surface area contributed by atoms with Gasteiger partial charge in [0.15, 0.2) is 0 Å². The Bertz CT molecular complexity index is 595. The smallest absolute Gasteiger partial charge is 0.00445 e. The van der Waals surface area contributed by atoms with Gasteiger partial charge in [0.1, 0.15) is 0 Å². The van der Waals surface area contributed by atoms with Crippen LogP contribution in [-0.2, 0) is 0 Å². The van der Waals surface area contributed by atoms with Crippen LogP contribution >= 0.6 is 0 Å². The van der Waals surface area contributed by atoms with E-state index in [1.54, 1.807) is 5.57 Å². The predicted octanol–water partition coefficient (Wildman–Crippen LogP) is 8.19. The number of hydrogen-bond donors (Lipinski definition) is 0. The summed E-state index contributed by atoms with van der Waals surface area (Å²) in [6.07, 6.45) is 22.0. The van der Waals surface area contributed by atoms with Gasteiger partial charge in [-0.2, -0.15) is 0 Å². The van der Waals surface area contributed by atoms with Crippen molar-refractivity contribution in [2.24, 2.45) is 46.3 Å². The number of fused-ring (bicyclic) bond motifs is 5. The first-order valence-corrected chi connectivity index (χ1v) is 12.2. The first kappa shape index (κ1) is 19.8. The van der Waals surface area contributed by atoms with Crippen molar-refractivity contribution < 1.29 is 0 Å². The molecule has 0 bridgehead atoms. The van der Waals surface area contributed by atoms with Crippen LogP contribution in [-0.4, -0.2) is 0 Å². The van der Waals surface area contributed by atoms with Crippen LogP contribution in [0.1, 0.15) is 98.8 Å². The third-order valence-corrected chi connectivity index (χ3v) is 9.85. The fourth-order valence-electron chi connectivity index (χ4n) is 8.32. The quantitative estimate of drug-likeness (QED) is 0.459. The normalized spacial score (nSPS) is 44.4. The van der Waals surface area contributed by atoms with Crippen LogP contribution < -0.4 is 0 Å². The van der Waals surface area contributed by atoms with Crippen LogP contribution in [0.4, 0.5) is 0 Å². The molecule has 0 radical (unpaired) electrons. The highest BCUT2D eigenvalue weighted by molar-refractivity contribution is 5.34. The molecule has 4 aliphatic rings. The zero-order chi connectivity index (χ0) is 19.2. The molecule has 7 atom stereocenters. The third-order valence-electron chi connectivity index (χ3n) is 9.85. The zero-order valence-electron chi connectivity index (χ0n) is 18.8. The Kier molecular flexibility index (Phi) is 5.41. The average molecular weight is 369 g/mol. The summed E-state index contributed by atoms with van der Waals surface area (Å²) < 4.78 is 0. The number of hydrogen-bond acceptors (Lipinski definition) is 0. The first-order valence-electron chi connectivity index (χ1n) is 12.2. The molecule has 4 rings (SSSR count). The second-order valence-electron chi connectivity index (χ2n) is 11.7. The minimum atomic E-state index is 0.486. The van der Waals surface area contributed by atoms with Gasteiger partial charge in [-0.05, 0) is 96.9 Å². The van der Waals surface area contributed by atoms with Gasteiger partial charge in [-0.1, -0.05) is 72.1 Å².